The van der Waals surface area contributed by atoms with Crippen LogP contribution in [0.25, 0.3) is 0 Å². The largest absolute Gasteiger partial charge is 0.480 e. The van der Waals surface area contributed by atoms with Gasteiger partial charge in [0.1, 0.15) is 5.75 Å². The van der Waals surface area contributed by atoms with Crippen LogP contribution in [0.2, 0.25) is 0 Å². The smallest absolute Gasteiger partial charge is 0.279 e. The van der Waals surface area contributed by atoms with Crippen LogP contribution >= 0.6 is 0 Å². The molecule has 0 aromatic heterocycles. The van der Waals surface area contributed by atoms with Crippen molar-refractivity contribution in [1.82, 2.24) is 15.8 Å². The van der Waals surface area contributed by atoms with Gasteiger partial charge in [0.2, 0.25) is 11.8 Å². The van der Waals surface area contributed by atoms with Gasteiger partial charge in [-0.15, -0.1) is 0 Å². The Kier molecular flexibility index (Phi) is 7.06. The number of likely N-dealkylation sites (tertiary alicyclic amines) is 1. The number of nitrogens with one attached hydrogen (secondary N) is 2. The Morgan fingerprint density at radius 1 is 1.10 bits per heavy atom. The molecule has 158 valence electrons. The van der Waals surface area contributed by atoms with Crippen LogP contribution in [0.5, 0.6) is 5.75 Å². The van der Waals surface area contributed by atoms with Crippen molar-refractivity contribution in [2.24, 2.45) is 5.92 Å². The van der Waals surface area contributed by atoms with E-state index in [-0.39, 0.29) is 18.2 Å². The van der Waals surface area contributed by atoms with Crippen LogP contribution in [0.1, 0.15) is 30.9 Å². The number of rotatable bonds is 7. The van der Waals surface area contributed by atoms with E-state index in [9.17, 15) is 14.4 Å². The van der Waals surface area contributed by atoms with Gasteiger partial charge in [-0.1, -0.05) is 55.5 Å². The summed E-state index contributed by atoms with van der Waals surface area (Å²) in [4.78, 5) is 38.8. The summed E-state index contributed by atoms with van der Waals surface area (Å²) in [7, 11) is 0. The Morgan fingerprint density at radius 2 is 1.80 bits per heavy atom. The summed E-state index contributed by atoms with van der Waals surface area (Å²) in [5, 5.41) is 0. The summed E-state index contributed by atoms with van der Waals surface area (Å²) in [6.07, 6.45) is -0.153. The first-order chi connectivity index (χ1) is 14.5. The minimum Gasteiger partial charge on any atom is -0.480 e. The average Bonchev–Trinajstić information content (AvgIpc) is 3.12. The molecule has 30 heavy (non-hydrogen) atoms. The zero-order valence-electron chi connectivity index (χ0n) is 17.3. The zero-order chi connectivity index (χ0) is 21.5. The number of amides is 3. The fourth-order valence-electron chi connectivity index (χ4n) is 3.37. The second kappa shape index (κ2) is 9.91. The highest BCUT2D eigenvalue weighted by Crippen LogP contribution is 2.21. The van der Waals surface area contributed by atoms with E-state index in [0.717, 1.165) is 11.1 Å². The third kappa shape index (κ3) is 5.37. The molecule has 1 saturated heterocycles. The van der Waals surface area contributed by atoms with E-state index in [0.29, 0.717) is 25.3 Å². The molecule has 1 aliphatic heterocycles. The van der Waals surface area contributed by atoms with Crippen molar-refractivity contribution in [1.29, 1.82) is 0 Å². The zero-order valence-corrected chi connectivity index (χ0v) is 17.3. The molecule has 0 spiro atoms. The van der Waals surface area contributed by atoms with Gasteiger partial charge in [0.25, 0.3) is 5.91 Å². The lowest BCUT2D eigenvalue weighted by Gasteiger charge is -2.20. The van der Waals surface area contributed by atoms with Crippen LogP contribution in [0.3, 0.4) is 0 Å². The van der Waals surface area contributed by atoms with Gasteiger partial charge >= 0.3 is 0 Å². The lowest BCUT2D eigenvalue weighted by molar-refractivity contribution is -0.134. The maximum absolute atomic E-state index is 12.5. The van der Waals surface area contributed by atoms with Crippen LogP contribution < -0.4 is 15.6 Å². The average molecular weight is 409 g/mol. The molecule has 2 atom stereocenters. The molecule has 7 nitrogen and oxygen atoms in total. The lowest BCUT2D eigenvalue weighted by Crippen LogP contribution is -2.50. The molecule has 2 N–H and O–H groups in total. The predicted octanol–water partition coefficient (Wildman–Crippen LogP) is 2.35. The minimum atomic E-state index is -0.730. The summed E-state index contributed by atoms with van der Waals surface area (Å²) in [5.41, 5.74) is 6.82. The number of para-hydroxylation sites is 1. The molecule has 7 heteroatoms. The van der Waals surface area contributed by atoms with E-state index in [1.807, 2.05) is 62.4 Å². The van der Waals surface area contributed by atoms with Crippen LogP contribution in [-0.4, -0.2) is 35.3 Å². The van der Waals surface area contributed by atoms with Gasteiger partial charge in [-0.25, -0.2) is 0 Å². The van der Waals surface area contributed by atoms with E-state index < -0.39 is 17.9 Å². The molecule has 1 heterocycles. The molecule has 1 aliphatic rings. The number of aryl methyl sites for hydroxylation is 1. The number of benzene rings is 2. The van der Waals surface area contributed by atoms with Crippen molar-refractivity contribution < 1.29 is 19.1 Å². The number of nitrogens with zero attached hydrogens (tertiary/aromatic N) is 1. The standard InChI is InChI=1S/C23H27N3O4/c1-3-19(30-20-12-8-7-9-16(20)2)23(29)25-24-22(28)18-13-21(27)26(15-18)14-17-10-5-4-6-11-17/h4-12,18-19H,3,13-15H2,1-2H3,(H,24,28)(H,25,29). The van der Waals surface area contributed by atoms with Gasteiger partial charge < -0.3 is 9.64 Å². The fraction of sp³-hybridized carbons (Fsp3) is 0.348. The van der Waals surface area contributed by atoms with Gasteiger partial charge in [-0.05, 0) is 30.5 Å². The molecule has 0 aliphatic carbocycles. The normalized spacial score (nSPS) is 16.8. The molecule has 2 aromatic rings. The summed E-state index contributed by atoms with van der Waals surface area (Å²) in [6, 6.07) is 17.1. The molecule has 2 aromatic carbocycles. The highest BCUT2D eigenvalue weighted by atomic mass is 16.5. The van der Waals surface area contributed by atoms with Gasteiger partial charge in [-0.2, -0.15) is 0 Å². The highest BCUT2D eigenvalue weighted by molar-refractivity contribution is 5.91. The topological polar surface area (TPSA) is 87.7 Å². The maximum atomic E-state index is 12.5. The Hall–Kier alpha value is -3.35. The van der Waals surface area contributed by atoms with E-state index >= 15 is 0 Å². The van der Waals surface area contributed by atoms with Gasteiger partial charge in [0.15, 0.2) is 6.10 Å². The predicted molar refractivity (Wildman–Crippen MR) is 112 cm³/mol. The van der Waals surface area contributed by atoms with Crippen LogP contribution in [-0.2, 0) is 20.9 Å². The Balaban J connectivity index is 1.50. The van der Waals surface area contributed by atoms with Gasteiger partial charge in [-0.3, -0.25) is 25.2 Å². The first kappa shape index (κ1) is 21.4. The van der Waals surface area contributed by atoms with Crippen molar-refractivity contribution in [3.05, 3.63) is 65.7 Å². The summed E-state index contributed by atoms with van der Waals surface area (Å²) < 4.78 is 5.79. The van der Waals surface area contributed by atoms with Gasteiger partial charge in [0.05, 0.1) is 5.92 Å². The second-order valence-electron chi connectivity index (χ2n) is 7.42. The molecule has 0 saturated carbocycles. The van der Waals surface area contributed by atoms with E-state index in [4.69, 9.17) is 4.74 Å². The molecule has 2 unspecified atom stereocenters. The van der Waals surface area contributed by atoms with E-state index in [1.54, 1.807) is 11.0 Å². The monoisotopic (exact) mass is 409 g/mol. The number of hydrazine groups is 1. The highest BCUT2D eigenvalue weighted by Gasteiger charge is 2.34. The number of carbonyl (C=O) groups excluding carboxylic acids is 3. The Labute approximate surface area is 176 Å². The first-order valence-electron chi connectivity index (χ1n) is 10.1. The summed E-state index contributed by atoms with van der Waals surface area (Å²) in [5.74, 6) is -0.750. The molecule has 3 amide bonds. The third-order valence-corrected chi connectivity index (χ3v) is 5.14. The minimum absolute atomic E-state index is 0.0698. The number of ether oxygens (including phenoxy) is 1. The molecular formula is C23H27N3O4. The van der Waals surface area contributed by atoms with Crippen molar-refractivity contribution in [3.63, 3.8) is 0 Å². The van der Waals surface area contributed by atoms with Crippen LogP contribution in [0.4, 0.5) is 0 Å². The summed E-state index contributed by atoms with van der Waals surface area (Å²) >= 11 is 0. The number of carbonyl (C=O) groups is 3. The van der Waals surface area contributed by atoms with Crippen molar-refractivity contribution in [2.75, 3.05) is 6.54 Å². The van der Waals surface area contributed by atoms with Crippen LogP contribution in [0, 0.1) is 12.8 Å². The van der Waals surface area contributed by atoms with E-state index in [2.05, 4.69) is 10.9 Å². The van der Waals surface area contributed by atoms with Crippen molar-refractivity contribution in [2.45, 2.75) is 39.3 Å². The SMILES string of the molecule is CCC(Oc1ccccc1C)C(=O)NNC(=O)C1CC(=O)N(Cc2ccccc2)C1. The second-order valence-corrected chi connectivity index (χ2v) is 7.42. The molecule has 3 rings (SSSR count). The number of hydrogen-bond donors (Lipinski definition) is 2. The molecule has 0 radical (unpaired) electrons. The molecule has 0 bridgehead atoms. The Bertz CT molecular complexity index is 900. The van der Waals surface area contributed by atoms with Gasteiger partial charge in [0, 0.05) is 19.5 Å². The fourth-order valence-corrected chi connectivity index (χ4v) is 3.37. The molecular weight excluding hydrogens is 382 g/mol. The van der Waals surface area contributed by atoms with Crippen molar-refractivity contribution in [3.8, 4) is 5.75 Å². The van der Waals surface area contributed by atoms with E-state index in [1.165, 1.54) is 0 Å². The molecule has 1 fully saturated rings. The first-order valence-corrected chi connectivity index (χ1v) is 10.1. The maximum Gasteiger partial charge on any atom is 0.279 e. The van der Waals surface area contributed by atoms with Crippen molar-refractivity contribution >= 4 is 17.7 Å². The Morgan fingerprint density at radius 3 is 2.50 bits per heavy atom. The quantitative estimate of drug-likeness (QED) is 0.687. The summed E-state index contributed by atoms with van der Waals surface area (Å²) in [6.45, 7) is 4.53. The third-order valence-electron chi connectivity index (χ3n) is 5.14. The van der Waals surface area contributed by atoms with Crippen LogP contribution in [0.15, 0.2) is 54.6 Å². The lowest BCUT2D eigenvalue weighted by atomic mass is 10.1. The number of hydrogen-bond acceptors (Lipinski definition) is 4.